The molecule has 0 saturated heterocycles. The van der Waals surface area contributed by atoms with Crippen LogP contribution in [0.25, 0.3) is 0 Å². The van der Waals surface area contributed by atoms with Crippen molar-refractivity contribution in [1.82, 2.24) is 5.32 Å². The van der Waals surface area contributed by atoms with Crippen molar-refractivity contribution in [2.45, 2.75) is 20.1 Å². The molecule has 0 fully saturated rings. The summed E-state index contributed by atoms with van der Waals surface area (Å²) in [6.07, 6.45) is 0. The van der Waals surface area contributed by atoms with Gasteiger partial charge >= 0.3 is 6.61 Å². The zero-order chi connectivity index (χ0) is 18.2. The Kier molecular flexibility index (Phi) is 6.71. The van der Waals surface area contributed by atoms with E-state index in [-0.39, 0.29) is 23.0 Å². The first-order valence-electron chi connectivity index (χ1n) is 7.78. The first-order valence-corrected chi connectivity index (χ1v) is 7.78. The molecule has 2 aromatic rings. The Morgan fingerprint density at radius 2 is 1.92 bits per heavy atom. The quantitative estimate of drug-likeness (QED) is 0.763. The summed E-state index contributed by atoms with van der Waals surface area (Å²) in [5.74, 6) is -0.429. The van der Waals surface area contributed by atoms with Crippen molar-refractivity contribution in [2.24, 2.45) is 0 Å². The van der Waals surface area contributed by atoms with Crippen LogP contribution in [0.5, 0.6) is 11.5 Å². The van der Waals surface area contributed by atoms with E-state index in [9.17, 15) is 13.6 Å². The highest BCUT2D eigenvalue weighted by Crippen LogP contribution is 2.30. The lowest BCUT2D eigenvalue weighted by Gasteiger charge is -2.13. The van der Waals surface area contributed by atoms with Gasteiger partial charge in [0.2, 0.25) is 0 Å². The van der Waals surface area contributed by atoms with Crippen molar-refractivity contribution in [1.29, 1.82) is 0 Å². The third-order valence-electron chi connectivity index (χ3n) is 3.47. The molecule has 0 atom stereocenters. The summed E-state index contributed by atoms with van der Waals surface area (Å²) in [4.78, 5) is 12.5. The van der Waals surface area contributed by atoms with E-state index in [1.54, 1.807) is 6.07 Å². The molecule has 0 bridgehead atoms. The van der Waals surface area contributed by atoms with Gasteiger partial charge in [0.25, 0.3) is 5.91 Å². The summed E-state index contributed by atoms with van der Waals surface area (Å²) in [5, 5.41) is 6.03. The lowest BCUT2D eigenvalue weighted by molar-refractivity contribution is -0.0512. The van der Waals surface area contributed by atoms with E-state index < -0.39 is 6.61 Å². The number of carbonyl (C=O) groups is 1. The van der Waals surface area contributed by atoms with Crippen LogP contribution in [0.2, 0.25) is 0 Å². The van der Waals surface area contributed by atoms with Crippen LogP contribution in [0.4, 0.5) is 14.5 Å². The summed E-state index contributed by atoms with van der Waals surface area (Å²) in [5.41, 5.74) is 1.90. The minimum Gasteiger partial charge on any atom is -0.493 e. The minimum absolute atomic E-state index is 0.0638. The minimum atomic E-state index is -2.97. The fraction of sp³-hybridized carbons (Fsp3) is 0.278. The molecule has 0 aromatic heterocycles. The zero-order valence-corrected chi connectivity index (χ0v) is 14.0. The number of alkyl halides is 2. The van der Waals surface area contributed by atoms with Crippen LogP contribution in [-0.4, -0.2) is 26.2 Å². The second-order valence-electron chi connectivity index (χ2n) is 5.14. The van der Waals surface area contributed by atoms with E-state index in [1.165, 1.54) is 25.3 Å². The van der Waals surface area contributed by atoms with E-state index >= 15 is 0 Å². The largest absolute Gasteiger partial charge is 0.493 e. The average Bonchev–Trinajstić information content (AvgIpc) is 2.60. The number of anilines is 1. The molecule has 0 saturated carbocycles. The molecule has 2 N–H and O–H groups in total. The van der Waals surface area contributed by atoms with Crippen LogP contribution in [0.3, 0.4) is 0 Å². The molecular weight excluding hydrogens is 330 g/mol. The van der Waals surface area contributed by atoms with Gasteiger partial charge in [0.15, 0.2) is 11.5 Å². The molecule has 5 nitrogen and oxygen atoms in total. The van der Waals surface area contributed by atoms with E-state index in [1.807, 2.05) is 25.1 Å². The molecule has 2 aromatic carbocycles. The van der Waals surface area contributed by atoms with Gasteiger partial charge in [0, 0.05) is 17.8 Å². The maximum Gasteiger partial charge on any atom is 0.387 e. The fourth-order valence-electron chi connectivity index (χ4n) is 2.25. The number of rotatable bonds is 8. The lowest BCUT2D eigenvalue weighted by Crippen LogP contribution is -2.17. The highest BCUT2D eigenvalue weighted by Gasteiger charge is 2.15. The van der Waals surface area contributed by atoms with E-state index in [2.05, 4.69) is 15.4 Å². The molecule has 2 rings (SSSR count). The third kappa shape index (κ3) is 5.15. The number of ether oxygens (including phenoxy) is 2. The summed E-state index contributed by atoms with van der Waals surface area (Å²) >= 11 is 0. The molecule has 7 heteroatoms. The Morgan fingerprint density at radius 3 is 2.60 bits per heavy atom. The second-order valence-corrected chi connectivity index (χ2v) is 5.14. The molecule has 0 aliphatic heterocycles. The SMILES string of the molecule is CCNCc1ccccc1NC(=O)c1ccc(OC(F)F)c(OC)c1. The number of hydrogen-bond acceptors (Lipinski definition) is 4. The molecule has 1 amide bonds. The smallest absolute Gasteiger partial charge is 0.387 e. The number of amides is 1. The molecule has 134 valence electrons. The predicted octanol–water partition coefficient (Wildman–Crippen LogP) is 3.66. The fourth-order valence-corrected chi connectivity index (χ4v) is 2.25. The lowest BCUT2D eigenvalue weighted by atomic mass is 10.1. The van der Waals surface area contributed by atoms with Crippen molar-refractivity contribution in [3.05, 3.63) is 53.6 Å². The molecule has 0 spiro atoms. The highest BCUT2D eigenvalue weighted by molar-refractivity contribution is 6.05. The number of hydrogen-bond donors (Lipinski definition) is 2. The molecule has 25 heavy (non-hydrogen) atoms. The zero-order valence-electron chi connectivity index (χ0n) is 14.0. The molecule has 0 heterocycles. The van der Waals surface area contributed by atoms with Crippen molar-refractivity contribution >= 4 is 11.6 Å². The van der Waals surface area contributed by atoms with Gasteiger partial charge in [-0.05, 0) is 36.4 Å². The maximum absolute atomic E-state index is 12.5. The van der Waals surface area contributed by atoms with E-state index in [4.69, 9.17) is 4.74 Å². The molecule has 0 unspecified atom stereocenters. The van der Waals surface area contributed by atoms with Crippen LogP contribution in [0.15, 0.2) is 42.5 Å². The topological polar surface area (TPSA) is 59.6 Å². The normalized spacial score (nSPS) is 10.6. The Labute approximate surface area is 144 Å². The Hall–Kier alpha value is -2.67. The Bertz CT molecular complexity index is 723. The van der Waals surface area contributed by atoms with Gasteiger partial charge in [0.1, 0.15) is 0 Å². The van der Waals surface area contributed by atoms with Crippen LogP contribution < -0.4 is 20.1 Å². The number of halogens is 2. The first-order chi connectivity index (χ1) is 12.0. The summed E-state index contributed by atoms with van der Waals surface area (Å²) in [7, 11) is 1.32. The van der Waals surface area contributed by atoms with Crippen LogP contribution in [0.1, 0.15) is 22.8 Å². The first kappa shape index (κ1) is 18.7. The molecule has 0 radical (unpaired) electrons. The number of methoxy groups -OCH3 is 1. The van der Waals surface area contributed by atoms with Crippen LogP contribution in [-0.2, 0) is 6.54 Å². The van der Waals surface area contributed by atoms with Gasteiger partial charge in [-0.25, -0.2) is 0 Å². The summed E-state index contributed by atoms with van der Waals surface area (Å²) in [6, 6.07) is 11.5. The Balaban J connectivity index is 2.18. The van der Waals surface area contributed by atoms with Crippen LogP contribution >= 0.6 is 0 Å². The van der Waals surface area contributed by atoms with Crippen molar-refractivity contribution in [2.75, 3.05) is 19.0 Å². The second kappa shape index (κ2) is 8.98. The number of nitrogens with one attached hydrogen (secondary N) is 2. The molecule has 0 aliphatic rings. The summed E-state index contributed by atoms with van der Waals surface area (Å²) < 4.78 is 34.1. The van der Waals surface area contributed by atoms with E-state index in [0.29, 0.717) is 12.2 Å². The monoisotopic (exact) mass is 350 g/mol. The average molecular weight is 350 g/mol. The van der Waals surface area contributed by atoms with Crippen LogP contribution in [0, 0.1) is 0 Å². The number of para-hydroxylation sites is 1. The van der Waals surface area contributed by atoms with Crippen molar-refractivity contribution in [3.63, 3.8) is 0 Å². The Morgan fingerprint density at radius 1 is 1.16 bits per heavy atom. The standard InChI is InChI=1S/C18H20F2N2O3/c1-3-21-11-13-6-4-5-7-14(13)22-17(23)12-8-9-15(25-18(19)20)16(10-12)24-2/h4-10,18,21H,3,11H2,1-2H3,(H,22,23). The molecular formula is C18H20F2N2O3. The van der Waals surface area contributed by atoms with Gasteiger partial charge in [0.05, 0.1) is 7.11 Å². The van der Waals surface area contributed by atoms with E-state index in [0.717, 1.165) is 12.1 Å². The third-order valence-corrected chi connectivity index (χ3v) is 3.47. The van der Waals surface area contributed by atoms with Gasteiger partial charge in [-0.3, -0.25) is 4.79 Å². The number of benzene rings is 2. The van der Waals surface area contributed by atoms with Gasteiger partial charge in [-0.15, -0.1) is 0 Å². The predicted molar refractivity (Wildman–Crippen MR) is 91.4 cm³/mol. The summed E-state index contributed by atoms with van der Waals surface area (Å²) in [6.45, 7) is 0.463. The van der Waals surface area contributed by atoms with Crippen molar-refractivity contribution < 1.29 is 23.0 Å². The number of carbonyl (C=O) groups excluding carboxylic acids is 1. The van der Waals surface area contributed by atoms with Gasteiger partial charge < -0.3 is 20.1 Å². The maximum atomic E-state index is 12.5. The van der Waals surface area contributed by atoms with Gasteiger partial charge in [-0.1, -0.05) is 25.1 Å². The molecule has 0 aliphatic carbocycles. The highest BCUT2D eigenvalue weighted by atomic mass is 19.3. The van der Waals surface area contributed by atoms with Gasteiger partial charge in [-0.2, -0.15) is 8.78 Å². The van der Waals surface area contributed by atoms with Crippen molar-refractivity contribution in [3.8, 4) is 11.5 Å².